The van der Waals surface area contributed by atoms with Gasteiger partial charge in [-0.2, -0.15) is 13.1 Å². The summed E-state index contributed by atoms with van der Waals surface area (Å²) in [5, 5.41) is 3.21. The van der Waals surface area contributed by atoms with E-state index >= 15 is 0 Å². The third-order valence-corrected chi connectivity index (χ3v) is 5.01. The first-order valence-electron chi connectivity index (χ1n) is 7.31. The third kappa shape index (κ3) is 3.66. The molecule has 0 saturated heterocycles. The van der Waals surface area contributed by atoms with Crippen LogP contribution in [0.2, 0.25) is 0 Å². The molecule has 1 aliphatic heterocycles. The second-order valence-electron chi connectivity index (χ2n) is 4.80. The molecule has 0 bridgehead atoms. The molecule has 0 atom stereocenters. The van der Waals surface area contributed by atoms with Gasteiger partial charge in [0, 0.05) is 25.4 Å². The number of anilines is 2. The molecule has 0 unspecified atom stereocenters. The van der Waals surface area contributed by atoms with Crippen LogP contribution in [0.1, 0.15) is 25.8 Å². The van der Waals surface area contributed by atoms with E-state index in [1.54, 1.807) is 6.92 Å². The molecular weight excluding hydrogens is 290 g/mol. The van der Waals surface area contributed by atoms with Crippen molar-refractivity contribution in [2.45, 2.75) is 26.7 Å². The summed E-state index contributed by atoms with van der Waals surface area (Å²) in [6.07, 6.45) is 1.67. The predicted molar refractivity (Wildman–Crippen MR) is 84.8 cm³/mol. The number of nitrogens with one attached hydrogen (secondary N) is 2. The van der Waals surface area contributed by atoms with Crippen LogP contribution >= 0.6 is 0 Å². The molecule has 1 aromatic rings. The van der Waals surface area contributed by atoms with E-state index in [1.807, 2.05) is 25.1 Å². The van der Waals surface area contributed by atoms with E-state index in [0.717, 1.165) is 29.8 Å². The minimum absolute atomic E-state index is 0.385. The first-order chi connectivity index (χ1) is 10.1. The van der Waals surface area contributed by atoms with Crippen LogP contribution in [0.25, 0.3) is 0 Å². The number of rotatable bonds is 7. The largest absolute Gasteiger partial charge is 0.362 e. The minimum atomic E-state index is -3.46. The molecule has 0 aromatic heterocycles. The lowest BCUT2D eigenvalue weighted by Crippen LogP contribution is -2.43. The van der Waals surface area contributed by atoms with Crippen molar-refractivity contribution in [3.63, 3.8) is 0 Å². The van der Waals surface area contributed by atoms with Gasteiger partial charge in [-0.1, -0.05) is 13.0 Å². The number of nitrogens with zero attached hydrogens (tertiary/aromatic N) is 1. The topological polar surface area (TPSA) is 70.7 Å². The highest BCUT2D eigenvalue weighted by atomic mass is 32.2. The van der Waals surface area contributed by atoms with Crippen LogP contribution in [-0.2, 0) is 21.4 Å². The van der Waals surface area contributed by atoms with Crippen LogP contribution < -0.4 is 14.3 Å². The summed E-state index contributed by atoms with van der Waals surface area (Å²) in [6.45, 7) is 5.68. The monoisotopic (exact) mass is 313 g/mol. The zero-order valence-electron chi connectivity index (χ0n) is 12.6. The molecule has 1 aromatic carbocycles. The third-order valence-electron chi connectivity index (χ3n) is 3.39. The summed E-state index contributed by atoms with van der Waals surface area (Å²) < 4.78 is 33.9. The van der Waals surface area contributed by atoms with E-state index < -0.39 is 10.2 Å². The van der Waals surface area contributed by atoms with Crippen LogP contribution in [0, 0.1) is 0 Å². The highest BCUT2D eigenvalue weighted by Crippen LogP contribution is 2.34. The molecule has 0 aliphatic carbocycles. The molecule has 0 saturated carbocycles. The molecule has 0 spiro atoms. The standard InChI is InChI=1S/C14H23N3O3S/c1-3-16-21(18,19)17-10-6-7-12-13(15-11-20-4-2)8-5-9-14(12)17/h5,8-9,15-16H,3-4,6-7,10-11H2,1-2H3. The average molecular weight is 313 g/mol. The van der Waals surface area contributed by atoms with Gasteiger partial charge < -0.3 is 10.1 Å². The molecule has 21 heavy (non-hydrogen) atoms. The highest BCUT2D eigenvalue weighted by molar-refractivity contribution is 7.90. The summed E-state index contributed by atoms with van der Waals surface area (Å²) in [4.78, 5) is 0. The van der Waals surface area contributed by atoms with Gasteiger partial charge in [0.2, 0.25) is 0 Å². The van der Waals surface area contributed by atoms with E-state index in [0.29, 0.717) is 26.4 Å². The van der Waals surface area contributed by atoms with Crippen LogP contribution in [0.5, 0.6) is 0 Å². The molecule has 6 nitrogen and oxygen atoms in total. The Labute approximate surface area is 126 Å². The van der Waals surface area contributed by atoms with Crippen molar-refractivity contribution in [2.75, 3.05) is 36.0 Å². The van der Waals surface area contributed by atoms with E-state index in [9.17, 15) is 8.42 Å². The predicted octanol–water partition coefficient (Wildman–Crippen LogP) is 1.70. The van der Waals surface area contributed by atoms with E-state index in [2.05, 4.69) is 10.0 Å². The van der Waals surface area contributed by atoms with Crippen LogP contribution in [0.3, 0.4) is 0 Å². The smallest absolute Gasteiger partial charge is 0.301 e. The van der Waals surface area contributed by atoms with Gasteiger partial charge in [-0.05, 0) is 37.5 Å². The van der Waals surface area contributed by atoms with Gasteiger partial charge in [0.05, 0.1) is 5.69 Å². The van der Waals surface area contributed by atoms with Gasteiger partial charge >= 0.3 is 10.2 Å². The minimum Gasteiger partial charge on any atom is -0.362 e. The summed E-state index contributed by atoms with van der Waals surface area (Å²) in [5.74, 6) is 0. The van der Waals surface area contributed by atoms with Gasteiger partial charge in [0.1, 0.15) is 6.73 Å². The van der Waals surface area contributed by atoms with Crippen molar-refractivity contribution in [1.29, 1.82) is 0 Å². The van der Waals surface area contributed by atoms with Crippen molar-refractivity contribution in [1.82, 2.24) is 4.72 Å². The van der Waals surface area contributed by atoms with Gasteiger partial charge in [-0.25, -0.2) is 0 Å². The Bertz CT molecular complexity index is 575. The number of ether oxygens (including phenoxy) is 1. The van der Waals surface area contributed by atoms with Crippen molar-refractivity contribution in [3.8, 4) is 0 Å². The van der Waals surface area contributed by atoms with Crippen molar-refractivity contribution in [2.24, 2.45) is 0 Å². The van der Waals surface area contributed by atoms with E-state index in [-0.39, 0.29) is 0 Å². The second-order valence-corrected chi connectivity index (χ2v) is 6.48. The van der Waals surface area contributed by atoms with Gasteiger partial charge in [-0.3, -0.25) is 4.31 Å². The summed E-state index contributed by atoms with van der Waals surface area (Å²) in [6, 6.07) is 5.68. The molecule has 0 amide bonds. The molecule has 0 fully saturated rings. The maximum atomic E-state index is 12.3. The Kier molecular flexibility index (Phi) is 5.44. The van der Waals surface area contributed by atoms with Crippen molar-refractivity contribution < 1.29 is 13.2 Å². The Hall–Kier alpha value is -1.31. The van der Waals surface area contributed by atoms with Crippen LogP contribution in [-0.4, -0.2) is 34.8 Å². The molecule has 1 aliphatic rings. The maximum Gasteiger partial charge on any atom is 0.301 e. The summed E-state index contributed by atoms with van der Waals surface area (Å²) in [5.41, 5.74) is 2.73. The van der Waals surface area contributed by atoms with Gasteiger partial charge in [-0.15, -0.1) is 0 Å². The van der Waals surface area contributed by atoms with Gasteiger partial charge in [0.15, 0.2) is 0 Å². The fourth-order valence-electron chi connectivity index (χ4n) is 2.50. The Balaban J connectivity index is 2.29. The fourth-order valence-corrected chi connectivity index (χ4v) is 3.82. The molecule has 2 rings (SSSR count). The SMILES string of the molecule is CCNS(=O)(=O)N1CCCc2c(NCOCC)cccc21. The number of fused-ring (bicyclic) bond motifs is 1. The average Bonchev–Trinajstić information content (AvgIpc) is 2.47. The van der Waals surface area contributed by atoms with Crippen molar-refractivity contribution in [3.05, 3.63) is 23.8 Å². The number of hydrogen-bond donors (Lipinski definition) is 2. The summed E-state index contributed by atoms with van der Waals surface area (Å²) >= 11 is 0. The number of benzene rings is 1. The molecule has 2 N–H and O–H groups in total. The summed E-state index contributed by atoms with van der Waals surface area (Å²) in [7, 11) is -3.46. The van der Waals surface area contributed by atoms with E-state index in [4.69, 9.17) is 4.74 Å². The van der Waals surface area contributed by atoms with Crippen LogP contribution in [0.15, 0.2) is 18.2 Å². The fraction of sp³-hybridized carbons (Fsp3) is 0.571. The second kappa shape index (κ2) is 7.11. The quantitative estimate of drug-likeness (QED) is 0.594. The molecular formula is C14H23N3O3S. The van der Waals surface area contributed by atoms with Crippen molar-refractivity contribution >= 4 is 21.6 Å². The Morgan fingerprint density at radius 3 is 2.86 bits per heavy atom. The lowest BCUT2D eigenvalue weighted by molar-refractivity contribution is 0.167. The maximum absolute atomic E-state index is 12.3. The lowest BCUT2D eigenvalue weighted by Gasteiger charge is -2.31. The highest BCUT2D eigenvalue weighted by Gasteiger charge is 2.27. The normalized spacial score (nSPS) is 14.9. The lowest BCUT2D eigenvalue weighted by atomic mass is 10.0. The van der Waals surface area contributed by atoms with Gasteiger partial charge in [0.25, 0.3) is 0 Å². The molecule has 1 heterocycles. The number of hydrogen-bond acceptors (Lipinski definition) is 4. The van der Waals surface area contributed by atoms with E-state index in [1.165, 1.54) is 4.31 Å². The first kappa shape index (κ1) is 16.1. The molecule has 0 radical (unpaired) electrons. The Morgan fingerprint density at radius 2 is 2.14 bits per heavy atom. The first-order valence-corrected chi connectivity index (χ1v) is 8.75. The zero-order valence-corrected chi connectivity index (χ0v) is 13.4. The Morgan fingerprint density at radius 1 is 1.33 bits per heavy atom. The molecule has 118 valence electrons. The zero-order chi connectivity index (χ0) is 15.3. The van der Waals surface area contributed by atoms with Crippen LogP contribution in [0.4, 0.5) is 11.4 Å². The molecule has 7 heteroatoms.